The van der Waals surface area contributed by atoms with Gasteiger partial charge in [0.1, 0.15) is 23.3 Å². The third-order valence-corrected chi connectivity index (χ3v) is 6.78. The largest absolute Gasteiger partial charge is 0.490 e. The summed E-state index contributed by atoms with van der Waals surface area (Å²) in [6.07, 6.45) is 1.42. The Hall–Kier alpha value is -4.14. The summed E-state index contributed by atoms with van der Waals surface area (Å²) in [6, 6.07) is 23.3. The number of carbonyl (C=O) groups is 1. The van der Waals surface area contributed by atoms with E-state index in [-0.39, 0.29) is 22.0 Å². The number of anilines is 1. The summed E-state index contributed by atoms with van der Waals surface area (Å²) in [5.74, 6) is 0.305. The van der Waals surface area contributed by atoms with Gasteiger partial charge in [-0.25, -0.2) is 0 Å². The van der Waals surface area contributed by atoms with Crippen LogP contribution in [0.2, 0.25) is 5.02 Å². The van der Waals surface area contributed by atoms with Gasteiger partial charge in [0.2, 0.25) is 0 Å². The molecule has 0 saturated carbocycles. The van der Waals surface area contributed by atoms with E-state index < -0.39 is 10.8 Å². The van der Waals surface area contributed by atoms with E-state index in [0.717, 1.165) is 26.0 Å². The molecule has 0 aliphatic rings. The van der Waals surface area contributed by atoms with E-state index in [1.165, 1.54) is 18.2 Å². The van der Waals surface area contributed by atoms with Crippen molar-refractivity contribution in [2.24, 2.45) is 0 Å². The molecule has 0 aromatic heterocycles. The number of nitrogens with one attached hydrogen (secondary N) is 1. The third kappa shape index (κ3) is 6.66. The number of amides is 1. The van der Waals surface area contributed by atoms with E-state index in [2.05, 4.69) is 27.9 Å². The highest BCUT2D eigenvalue weighted by Gasteiger charge is 2.17. The van der Waals surface area contributed by atoms with Gasteiger partial charge in [-0.1, -0.05) is 54.1 Å². The van der Waals surface area contributed by atoms with E-state index in [4.69, 9.17) is 21.1 Å². The van der Waals surface area contributed by atoms with E-state index in [9.17, 15) is 20.2 Å². The zero-order valence-corrected chi connectivity index (χ0v) is 23.5. The fourth-order valence-electron chi connectivity index (χ4n) is 3.89. The maximum Gasteiger partial charge on any atom is 0.289 e. The van der Waals surface area contributed by atoms with E-state index in [0.29, 0.717) is 30.3 Å². The van der Waals surface area contributed by atoms with Crippen LogP contribution in [0.15, 0.2) is 78.4 Å². The quantitative estimate of drug-likeness (QED) is 0.0657. The fourth-order valence-corrected chi connectivity index (χ4v) is 4.85. The lowest BCUT2D eigenvalue weighted by atomic mass is 10.1. The smallest absolute Gasteiger partial charge is 0.289 e. The van der Waals surface area contributed by atoms with Crippen LogP contribution in [-0.4, -0.2) is 17.4 Å². The Morgan fingerprint density at radius 2 is 1.90 bits per heavy atom. The summed E-state index contributed by atoms with van der Waals surface area (Å²) in [4.78, 5) is 23.3. The normalized spacial score (nSPS) is 11.1. The molecule has 4 rings (SSSR count). The van der Waals surface area contributed by atoms with Crippen molar-refractivity contribution >= 4 is 68.3 Å². The zero-order chi connectivity index (χ0) is 27.9. The number of carbonyl (C=O) groups excluding carboxylic acids is 1. The second kappa shape index (κ2) is 12.6. The minimum atomic E-state index is -0.724. The second-order valence-electron chi connectivity index (χ2n) is 8.24. The molecule has 0 heterocycles. The van der Waals surface area contributed by atoms with Gasteiger partial charge in [-0.3, -0.25) is 14.9 Å². The summed E-state index contributed by atoms with van der Waals surface area (Å²) < 4.78 is 12.8. The van der Waals surface area contributed by atoms with Crippen molar-refractivity contribution in [3.63, 3.8) is 0 Å². The number of nitro benzene ring substituents is 1. The summed E-state index contributed by atoms with van der Waals surface area (Å²) in [5, 5.41) is 25.5. The van der Waals surface area contributed by atoms with Crippen LogP contribution in [0.3, 0.4) is 0 Å². The average molecular weight is 654 g/mol. The molecule has 4 aromatic carbocycles. The molecule has 0 atom stereocenters. The molecule has 8 nitrogen and oxygen atoms in total. The number of nitriles is 1. The molecule has 0 aliphatic heterocycles. The number of halogens is 2. The number of nitro groups is 1. The molecule has 1 N–H and O–H groups in total. The highest BCUT2D eigenvalue weighted by molar-refractivity contribution is 14.1. The fraction of sp³-hybridized carbons (Fsp3) is 0.103. The molecular formula is C29H21ClIN3O5. The number of ether oxygens (including phenoxy) is 2. The van der Waals surface area contributed by atoms with Gasteiger partial charge in [0.15, 0.2) is 11.5 Å². The molecule has 0 aliphatic carbocycles. The minimum absolute atomic E-state index is 0.0603. The summed E-state index contributed by atoms with van der Waals surface area (Å²) >= 11 is 7.96. The van der Waals surface area contributed by atoms with Crippen molar-refractivity contribution in [2.45, 2.75) is 13.5 Å². The molecule has 39 heavy (non-hydrogen) atoms. The van der Waals surface area contributed by atoms with Crippen LogP contribution < -0.4 is 14.8 Å². The topological polar surface area (TPSA) is 114 Å². The zero-order valence-electron chi connectivity index (χ0n) is 20.6. The van der Waals surface area contributed by atoms with Crippen LogP contribution in [0.4, 0.5) is 11.4 Å². The van der Waals surface area contributed by atoms with E-state index >= 15 is 0 Å². The Morgan fingerprint density at radius 1 is 1.13 bits per heavy atom. The third-order valence-electron chi connectivity index (χ3n) is 5.66. The van der Waals surface area contributed by atoms with Crippen LogP contribution in [0, 0.1) is 25.0 Å². The molecule has 0 spiro atoms. The monoisotopic (exact) mass is 653 g/mol. The van der Waals surface area contributed by atoms with Crippen LogP contribution in [0.1, 0.15) is 18.1 Å². The van der Waals surface area contributed by atoms with Gasteiger partial charge in [0, 0.05) is 11.8 Å². The number of hydrogen-bond acceptors (Lipinski definition) is 6. The van der Waals surface area contributed by atoms with E-state index in [1.807, 2.05) is 55.5 Å². The molecule has 0 saturated heterocycles. The van der Waals surface area contributed by atoms with Gasteiger partial charge in [0.25, 0.3) is 11.6 Å². The second-order valence-corrected chi connectivity index (χ2v) is 9.81. The van der Waals surface area contributed by atoms with Crippen LogP contribution in [-0.2, 0) is 11.4 Å². The lowest BCUT2D eigenvalue weighted by molar-refractivity contribution is -0.384. The van der Waals surface area contributed by atoms with Gasteiger partial charge in [0.05, 0.1) is 15.1 Å². The van der Waals surface area contributed by atoms with Gasteiger partial charge in [-0.05, 0) is 81.8 Å². The van der Waals surface area contributed by atoms with Crippen LogP contribution in [0.5, 0.6) is 11.5 Å². The first-order chi connectivity index (χ1) is 18.8. The SMILES string of the molecule is CCOc1cc(/C=C(\C#N)C(=O)Nc2ccc(Cl)c([N+](=O)[O-])c2)cc(I)c1OCc1cccc2ccccc12. The number of rotatable bonds is 9. The predicted octanol–water partition coefficient (Wildman–Crippen LogP) is 7.53. The Morgan fingerprint density at radius 3 is 2.64 bits per heavy atom. The first-order valence-corrected chi connectivity index (χ1v) is 13.2. The molecule has 196 valence electrons. The number of benzene rings is 4. The highest BCUT2D eigenvalue weighted by atomic mass is 127. The maximum atomic E-state index is 12.8. The Bertz CT molecular complexity index is 1640. The maximum absolute atomic E-state index is 12.8. The summed E-state index contributed by atoms with van der Waals surface area (Å²) in [5.41, 5.74) is 1.16. The number of nitrogens with zero attached hydrogens (tertiary/aromatic N) is 2. The number of hydrogen-bond donors (Lipinski definition) is 1. The first kappa shape index (κ1) is 27.9. The lowest BCUT2D eigenvalue weighted by Gasteiger charge is -2.16. The average Bonchev–Trinajstić information content (AvgIpc) is 2.92. The summed E-state index contributed by atoms with van der Waals surface area (Å²) in [6.45, 7) is 2.56. The van der Waals surface area contributed by atoms with Crippen LogP contribution >= 0.6 is 34.2 Å². The lowest BCUT2D eigenvalue weighted by Crippen LogP contribution is -2.13. The van der Waals surface area contributed by atoms with Crippen LogP contribution in [0.25, 0.3) is 16.8 Å². The Balaban J connectivity index is 1.59. The Kier molecular flexibility index (Phi) is 9.01. The molecular weight excluding hydrogens is 633 g/mol. The van der Waals surface area contributed by atoms with Crippen molar-refractivity contribution in [1.29, 1.82) is 5.26 Å². The molecule has 1 amide bonds. The molecule has 0 radical (unpaired) electrons. The van der Waals surface area contributed by atoms with Crippen molar-refractivity contribution in [1.82, 2.24) is 0 Å². The van der Waals surface area contributed by atoms with Gasteiger partial charge >= 0.3 is 0 Å². The van der Waals surface area contributed by atoms with Gasteiger partial charge in [-0.2, -0.15) is 5.26 Å². The number of fused-ring (bicyclic) bond motifs is 1. The first-order valence-electron chi connectivity index (χ1n) is 11.7. The van der Waals surface area contributed by atoms with Crippen molar-refractivity contribution in [2.75, 3.05) is 11.9 Å². The highest BCUT2D eigenvalue weighted by Crippen LogP contribution is 2.36. The standard InChI is InChI=1S/C29H21ClIN3O5/c1-2-38-27-14-18(12-21(16-32)29(35)33-22-10-11-24(30)26(15-22)34(36)37)13-25(31)28(27)39-17-20-8-5-7-19-6-3-4-9-23(19)20/h3-15H,2,17H2,1H3,(H,33,35)/b21-12+. The minimum Gasteiger partial charge on any atom is -0.490 e. The molecule has 0 bridgehead atoms. The Labute approximate surface area is 243 Å². The molecule has 0 unspecified atom stereocenters. The molecule has 4 aromatic rings. The van der Waals surface area contributed by atoms with Crippen molar-refractivity contribution < 1.29 is 19.2 Å². The van der Waals surface area contributed by atoms with Gasteiger partial charge < -0.3 is 14.8 Å². The summed E-state index contributed by atoms with van der Waals surface area (Å²) in [7, 11) is 0. The van der Waals surface area contributed by atoms with E-state index in [1.54, 1.807) is 12.1 Å². The molecule has 0 fully saturated rings. The van der Waals surface area contributed by atoms with Crippen molar-refractivity contribution in [3.05, 3.63) is 108 Å². The van der Waals surface area contributed by atoms with Crippen molar-refractivity contribution in [3.8, 4) is 17.6 Å². The predicted molar refractivity (Wildman–Crippen MR) is 159 cm³/mol. The van der Waals surface area contributed by atoms with Gasteiger partial charge in [-0.15, -0.1) is 0 Å². The molecule has 10 heteroatoms.